The first-order valence-corrected chi connectivity index (χ1v) is 9.36. The smallest absolute Gasteiger partial charge is 0.226 e. The monoisotopic (exact) mass is 363 g/mol. The number of hydrogen-bond acceptors (Lipinski definition) is 3. The molecule has 1 aliphatic rings. The molecule has 0 spiro atoms. The Morgan fingerprint density at radius 1 is 0.962 bits per heavy atom. The summed E-state index contributed by atoms with van der Waals surface area (Å²) >= 11 is 6.06. The van der Waals surface area contributed by atoms with Gasteiger partial charge in [-0.15, -0.1) is 0 Å². The van der Waals surface area contributed by atoms with Crippen LogP contribution < -0.4 is 4.74 Å². The maximum Gasteiger partial charge on any atom is 0.226 e. The molecular weight excluding hydrogens is 346 g/mol. The zero-order valence-corrected chi connectivity index (χ0v) is 15.0. The number of nitrogens with zero attached hydrogens (tertiary/aromatic N) is 3. The molecule has 130 valence electrons. The maximum atomic E-state index is 6.42. The van der Waals surface area contributed by atoms with Gasteiger partial charge < -0.3 is 4.74 Å². The van der Waals surface area contributed by atoms with E-state index in [1.54, 1.807) is 0 Å². The second-order valence-electron chi connectivity index (χ2n) is 6.76. The summed E-state index contributed by atoms with van der Waals surface area (Å²) in [4.78, 5) is 4.61. The Morgan fingerprint density at radius 2 is 1.73 bits per heavy atom. The standard InChI is InChI=1S/C21H18ClN3O/c22-14-9-11-15(12-10-14)25-21(26-16-5-1-2-6-16)18-13-23-19-8-4-3-7-17(19)20(18)24-25/h3-4,7-13,16H,1-2,5-6H2. The minimum atomic E-state index is 0.243. The van der Waals surface area contributed by atoms with E-state index in [2.05, 4.69) is 11.1 Å². The highest BCUT2D eigenvalue weighted by Crippen LogP contribution is 2.35. The molecule has 1 fully saturated rings. The minimum absolute atomic E-state index is 0.243. The molecule has 0 amide bonds. The van der Waals surface area contributed by atoms with E-state index in [1.165, 1.54) is 12.8 Å². The molecule has 1 saturated carbocycles. The zero-order valence-electron chi connectivity index (χ0n) is 14.2. The van der Waals surface area contributed by atoms with E-state index >= 15 is 0 Å². The van der Waals surface area contributed by atoms with Crippen molar-refractivity contribution >= 4 is 33.4 Å². The van der Waals surface area contributed by atoms with Gasteiger partial charge in [0.05, 0.1) is 16.6 Å². The fraction of sp³-hybridized carbons (Fsp3) is 0.238. The van der Waals surface area contributed by atoms with Crippen molar-refractivity contribution < 1.29 is 4.74 Å². The lowest BCUT2D eigenvalue weighted by Crippen LogP contribution is -2.14. The quantitative estimate of drug-likeness (QED) is 0.479. The summed E-state index contributed by atoms with van der Waals surface area (Å²) in [6.45, 7) is 0. The zero-order chi connectivity index (χ0) is 17.5. The predicted molar refractivity (Wildman–Crippen MR) is 104 cm³/mol. The van der Waals surface area contributed by atoms with Crippen LogP contribution >= 0.6 is 11.6 Å². The van der Waals surface area contributed by atoms with Gasteiger partial charge in [0.25, 0.3) is 0 Å². The molecule has 4 nitrogen and oxygen atoms in total. The second kappa shape index (κ2) is 6.29. The largest absolute Gasteiger partial charge is 0.474 e. The molecule has 1 aliphatic carbocycles. The van der Waals surface area contributed by atoms with E-state index in [0.29, 0.717) is 5.02 Å². The fourth-order valence-electron chi connectivity index (χ4n) is 3.69. The van der Waals surface area contributed by atoms with E-state index in [-0.39, 0.29) is 6.10 Å². The predicted octanol–water partition coefficient (Wildman–Crippen LogP) is 5.55. The lowest BCUT2D eigenvalue weighted by Gasteiger charge is -2.15. The van der Waals surface area contributed by atoms with Crippen LogP contribution in [0.3, 0.4) is 0 Å². The molecule has 0 radical (unpaired) electrons. The topological polar surface area (TPSA) is 39.9 Å². The number of aromatic nitrogens is 3. The van der Waals surface area contributed by atoms with Gasteiger partial charge in [-0.25, -0.2) is 0 Å². The van der Waals surface area contributed by atoms with Crippen molar-refractivity contribution in [3.63, 3.8) is 0 Å². The summed E-state index contributed by atoms with van der Waals surface area (Å²) in [5.74, 6) is 0.771. The van der Waals surface area contributed by atoms with E-state index in [0.717, 1.165) is 46.2 Å². The number of ether oxygens (including phenoxy) is 1. The lowest BCUT2D eigenvalue weighted by molar-refractivity contribution is 0.198. The van der Waals surface area contributed by atoms with E-state index in [9.17, 15) is 0 Å². The Balaban J connectivity index is 1.75. The van der Waals surface area contributed by atoms with Crippen LogP contribution in [0, 0.1) is 0 Å². The third-order valence-electron chi connectivity index (χ3n) is 5.02. The summed E-state index contributed by atoms with van der Waals surface area (Å²) in [6.07, 6.45) is 6.74. The van der Waals surface area contributed by atoms with Crippen molar-refractivity contribution in [3.8, 4) is 11.6 Å². The van der Waals surface area contributed by atoms with Crippen LogP contribution in [0.5, 0.6) is 5.88 Å². The number of halogens is 1. The third kappa shape index (κ3) is 2.61. The lowest BCUT2D eigenvalue weighted by atomic mass is 10.2. The van der Waals surface area contributed by atoms with Gasteiger partial charge in [-0.1, -0.05) is 29.8 Å². The first kappa shape index (κ1) is 15.6. The molecule has 0 saturated heterocycles. The molecule has 0 bridgehead atoms. The van der Waals surface area contributed by atoms with Crippen molar-refractivity contribution in [2.45, 2.75) is 31.8 Å². The van der Waals surface area contributed by atoms with Crippen LogP contribution in [0.15, 0.2) is 54.7 Å². The van der Waals surface area contributed by atoms with Crippen LogP contribution in [0.4, 0.5) is 0 Å². The number of para-hydroxylation sites is 1. The summed E-state index contributed by atoms with van der Waals surface area (Å²) in [7, 11) is 0. The van der Waals surface area contributed by atoms with Crippen LogP contribution in [0.1, 0.15) is 25.7 Å². The van der Waals surface area contributed by atoms with E-state index < -0.39 is 0 Å². The van der Waals surface area contributed by atoms with Gasteiger partial charge in [0.15, 0.2) is 0 Å². The van der Waals surface area contributed by atoms with Crippen LogP contribution in [0.25, 0.3) is 27.5 Å². The van der Waals surface area contributed by atoms with Crippen molar-refractivity contribution in [2.75, 3.05) is 0 Å². The number of fused-ring (bicyclic) bond motifs is 3. The number of hydrogen-bond donors (Lipinski definition) is 0. The Labute approximate surface area is 156 Å². The number of pyridine rings is 1. The van der Waals surface area contributed by atoms with Gasteiger partial charge in [-0.2, -0.15) is 9.78 Å². The molecule has 0 unspecified atom stereocenters. The van der Waals surface area contributed by atoms with E-state index in [1.807, 2.05) is 53.3 Å². The first-order valence-electron chi connectivity index (χ1n) is 8.99. The highest BCUT2D eigenvalue weighted by atomic mass is 35.5. The van der Waals surface area contributed by atoms with Gasteiger partial charge in [-0.05, 0) is 56.0 Å². The van der Waals surface area contributed by atoms with Gasteiger partial charge in [0.1, 0.15) is 11.6 Å². The Kier molecular flexibility index (Phi) is 3.79. The molecule has 5 rings (SSSR count). The maximum absolute atomic E-state index is 6.42. The second-order valence-corrected chi connectivity index (χ2v) is 7.19. The Morgan fingerprint density at radius 3 is 2.54 bits per heavy atom. The molecule has 4 aromatic rings. The molecule has 2 aromatic carbocycles. The average Bonchev–Trinajstić information content (AvgIpc) is 3.31. The van der Waals surface area contributed by atoms with Gasteiger partial charge in [0, 0.05) is 16.6 Å². The highest BCUT2D eigenvalue weighted by Gasteiger charge is 2.23. The molecule has 2 aromatic heterocycles. The van der Waals surface area contributed by atoms with Crippen molar-refractivity contribution in [3.05, 3.63) is 59.8 Å². The summed E-state index contributed by atoms with van der Waals surface area (Å²) in [5, 5.41) is 7.58. The van der Waals surface area contributed by atoms with Crippen LogP contribution in [-0.2, 0) is 0 Å². The van der Waals surface area contributed by atoms with Crippen molar-refractivity contribution in [1.82, 2.24) is 14.8 Å². The number of benzene rings is 2. The third-order valence-corrected chi connectivity index (χ3v) is 5.27. The van der Waals surface area contributed by atoms with Crippen molar-refractivity contribution in [1.29, 1.82) is 0 Å². The van der Waals surface area contributed by atoms with Crippen molar-refractivity contribution in [2.24, 2.45) is 0 Å². The minimum Gasteiger partial charge on any atom is -0.474 e. The van der Waals surface area contributed by atoms with Crippen LogP contribution in [0.2, 0.25) is 5.02 Å². The molecule has 26 heavy (non-hydrogen) atoms. The summed E-state index contributed by atoms with van der Waals surface area (Å²) in [5.41, 5.74) is 2.79. The fourth-order valence-corrected chi connectivity index (χ4v) is 3.81. The summed E-state index contributed by atoms with van der Waals surface area (Å²) in [6, 6.07) is 15.8. The molecule has 0 atom stereocenters. The Bertz CT molecular complexity index is 1080. The van der Waals surface area contributed by atoms with E-state index in [4.69, 9.17) is 21.4 Å². The molecule has 2 heterocycles. The first-order chi connectivity index (χ1) is 12.8. The Hall–Kier alpha value is -2.59. The van der Waals surface area contributed by atoms with Gasteiger partial charge in [0.2, 0.25) is 5.88 Å². The molecule has 0 aliphatic heterocycles. The number of rotatable bonds is 3. The molecular formula is C21H18ClN3O. The molecule has 5 heteroatoms. The summed E-state index contributed by atoms with van der Waals surface area (Å²) < 4.78 is 8.30. The van der Waals surface area contributed by atoms with Crippen LogP contribution in [-0.4, -0.2) is 20.9 Å². The SMILES string of the molecule is Clc1ccc(-n2nc3c(cnc4ccccc43)c2OC2CCCC2)cc1. The average molecular weight is 364 g/mol. The van der Waals surface area contributed by atoms with Gasteiger partial charge >= 0.3 is 0 Å². The van der Waals surface area contributed by atoms with Gasteiger partial charge in [-0.3, -0.25) is 4.98 Å². The highest BCUT2D eigenvalue weighted by molar-refractivity contribution is 6.30. The normalized spacial score (nSPS) is 15.1. The molecule has 0 N–H and O–H groups in total.